The van der Waals surface area contributed by atoms with E-state index in [1.54, 1.807) is 0 Å². The molecule has 0 amide bonds. The first-order valence-electron chi connectivity index (χ1n) is 10.6. The highest BCUT2D eigenvalue weighted by Gasteiger charge is 2.44. The van der Waals surface area contributed by atoms with Crippen molar-refractivity contribution in [1.82, 2.24) is 0 Å². The normalized spacial score (nSPS) is 21.2. The van der Waals surface area contributed by atoms with Gasteiger partial charge in [0.2, 0.25) is 0 Å². The smallest absolute Gasteiger partial charge is 0.400 e. The average molecular weight is 532 g/mol. The van der Waals surface area contributed by atoms with Crippen LogP contribution in [0.3, 0.4) is 0 Å². The molecule has 0 radical (unpaired) electrons. The van der Waals surface area contributed by atoms with Crippen LogP contribution < -0.4 is 4.74 Å². The Labute approximate surface area is 183 Å². The summed E-state index contributed by atoms with van der Waals surface area (Å²) in [6, 6.07) is 0.914. The van der Waals surface area contributed by atoms with Crippen LogP contribution in [0.5, 0.6) is 5.75 Å². The predicted octanol–water partition coefficient (Wildman–Crippen LogP) is 8.44. The molecule has 29 heavy (non-hydrogen) atoms. The third-order valence-electron chi connectivity index (χ3n) is 5.76. The first-order valence-corrected chi connectivity index (χ1v) is 11.8. The summed E-state index contributed by atoms with van der Waals surface area (Å²) in [6.45, 7) is 2.20. The van der Waals surface area contributed by atoms with Gasteiger partial charge in [0.1, 0.15) is 5.75 Å². The van der Waals surface area contributed by atoms with E-state index in [4.69, 9.17) is 0 Å². The molecule has 1 nitrogen and oxygen atoms in total. The molecular formula is C22H30F5IO. The molecule has 0 aliphatic heterocycles. The van der Waals surface area contributed by atoms with Crippen molar-refractivity contribution in [3.63, 3.8) is 0 Å². The summed E-state index contributed by atoms with van der Waals surface area (Å²) in [5.74, 6) is -6.01. The van der Waals surface area contributed by atoms with Gasteiger partial charge < -0.3 is 4.74 Å². The van der Waals surface area contributed by atoms with E-state index in [0.717, 1.165) is 16.8 Å². The average Bonchev–Trinajstić information content (AvgIpc) is 2.66. The second-order valence-corrected chi connectivity index (χ2v) is 9.87. The maximum absolute atomic E-state index is 14.4. The topological polar surface area (TPSA) is 9.23 Å². The minimum absolute atomic E-state index is 0.316. The number of benzene rings is 1. The quantitative estimate of drug-likeness (QED) is 0.0914. The van der Waals surface area contributed by atoms with Gasteiger partial charge in [0.05, 0.1) is 5.92 Å². The van der Waals surface area contributed by atoms with Gasteiger partial charge in [-0.15, -0.1) is 0 Å². The lowest BCUT2D eigenvalue weighted by molar-refractivity contribution is -0.223. The summed E-state index contributed by atoms with van der Waals surface area (Å²) in [7, 11) is 0. The predicted molar refractivity (Wildman–Crippen MR) is 113 cm³/mol. The number of halogens is 6. The zero-order valence-corrected chi connectivity index (χ0v) is 19.0. The van der Waals surface area contributed by atoms with Gasteiger partial charge in [-0.3, -0.25) is 0 Å². The SMILES string of the molecule is CCCC(I)CCCCCC1CCC(C(F)(F)Oc2cc(F)c(F)c(F)c2)CC1. The minimum atomic E-state index is -3.53. The Morgan fingerprint density at radius 2 is 1.62 bits per heavy atom. The van der Waals surface area contributed by atoms with Gasteiger partial charge >= 0.3 is 6.11 Å². The highest BCUT2D eigenvalue weighted by Crippen LogP contribution is 2.41. The van der Waals surface area contributed by atoms with Gasteiger partial charge in [0.25, 0.3) is 0 Å². The summed E-state index contributed by atoms with van der Waals surface area (Å²) >= 11 is 2.52. The molecule has 1 fully saturated rings. The van der Waals surface area contributed by atoms with Crippen LogP contribution in [0.4, 0.5) is 22.0 Å². The molecule has 1 aliphatic rings. The zero-order valence-electron chi connectivity index (χ0n) is 16.8. The standard InChI is InChI=1S/C22H30F5IO/c1-2-6-17(28)8-5-3-4-7-15-9-11-16(12-10-15)22(26,27)29-18-13-19(23)21(25)20(24)14-18/h13-17H,2-12H2,1H3. The Balaban J connectivity index is 1.72. The molecule has 1 atom stereocenters. The molecule has 2 rings (SSSR count). The Morgan fingerprint density at radius 3 is 2.21 bits per heavy atom. The van der Waals surface area contributed by atoms with E-state index in [0.29, 0.717) is 43.7 Å². The largest absolute Gasteiger partial charge is 0.432 e. The molecule has 166 valence electrons. The Hall–Kier alpha value is -0.600. The minimum Gasteiger partial charge on any atom is -0.432 e. The summed E-state index contributed by atoms with van der Waals surface area (Å²) in [6.07, 6.45) is 6.84. The Kier molecular flexibility index (Phi) is 9.95. The van der Waals surface area contributed by atoms with Crippen LogP contribution >= 0.6 is 22.6 Å². The van der Waals surface area contributed by atoms with Crippen molar-refractivity contribution in [2.75, 3.05) is 0 Å². The third-order valence-corrected chi connectivity index (χ3v) is 7.01. The molecule has 0 aromatic heterocycles. The van der Waals surface area contributed by atoms with E-state index in [9.17, 15) is 22.0 Å². The number of hydrogen-bond donors (Lipinski definition) is 0. The highest BCUT2D eigenvalue weighted by molar-refractivity contribution is 14.1. The van der Waals surface area contributed by atoms with E-state index < -0.39 is 35.2 Å². The lowest BCUT2D eigenvalue weighted by atomic mass is 9.79. The summed E-state index contributed by atoms with van der Waals surface area (Å²) < 4.78 is 73.6. The molecule has 0 spiro atoms. The molecule has 1 aliphatic carbocycles. The summed E-state index contributed by atoms with van der Waals surface area (Å²) in [4.78, 5) is 0. The van der Waals surface area contributed by atoms with Crippen LogP contribution in [0.1, 0.15) is 77.6 Å². The lowest BCUT2D eigenvalue weighted by Gasteiger charge is -2.33. The molecule has 1 saturated carbocycles. The molecule has 0 heterocycles. The number of rotatable bonds is 11. The molecular weight excluding hydrogens is 502 g/mol. The van der Waals surface area contributed by atoms with Gasteiger partial charge in [-0.25, -0.2) is 13.2 Å². The fourth-order valence-corrected chi connectivity index (χ4v) is 5.12. The fourth-order valence-electron chi connectivity index (χ4n) is 4.05. The Bertz CT molecular complexity index is 609. The van der Waals surface area contributed by atoms with Crippen LogP contribution in [-0.4, -0.2) is 10.0 Å². The van der Waals surface area contributed by atoms with Gasteiger partial charge in [-0.1, -0.05) is 61.6 Å². The van der Waals surface area contributed by atoms with Crippen LogP contribution in [0.15, 0.2) is 12.1 Å². The van der Waals surface area contributed by atoms with Crippen LogP contribution in [0.2, 0.25) is 0 Å². The van der Waals surface area contributed by atoms with Crippen molar-refractivity contribution >= 4 is 22.6 Å². The molecule has 0 bridgehead atoms. The molecule has 1 aromatic carbocycles. The van der Waals surface area contributed by atoms with Gasteiger partial charge in [0, 0.05) is 16.1 Å². The summed E-state index contributed by atoms with van der Waals surface area (Å²) in [5.41, 5.74) is 0. The molecule has 1 unspecified atom stereocenters. The highest BCUT2D eigenvalue weighted by atomic mass is 127. The monoisotopic (exact) mass is 532 g/mol. The zero-order chi connectivity index (χ0) is 21.4. The van der Waals surface area contributed by atoms with Gasteiger partial charge in [0.15, 0.2) is 17.5 Å². The second kappa shape index (κ2) is 11.7. The van der Waals surface area contributed by atoms with Crippen molar-refractivity contribution in [3.05, 3.63) is 29.6 Å². The second-order valence-electron chi connectivity index (χ2n) is 8.11. The fraction of sp³-hybridized carbons (Fsp3) is 0.727. The van der Waals surface area contributed by atoms with E-state index in [1.165, 1.54) is 32.1 Å². The van der Waals surface area contributed by atoms with E-state index >= 15 is 0 Å². The Morgan fingerprint density at radius 1 is 1.00 bits per heavy atom. The van der Waals surface area contributed by atoms with Gasteiger partial charge in [-0.2, -0.15) is 8.78 Å². The maximum Gasteiger partial charge on any atom is 0.400 e. The lowest BCUT2D eigenvalue weighted by Crippen LogP contribution is -2.37. The molecule has 7 heteroatoms. The van der Waals surface area contributed by atoms with Gasteiger partial charge in [-0.05, 0) is 44.4 Å². The van der Waals surface area contributed by atoms with Crippen molar-refractivity contribution in [3.8, 4) is 5.75 Å². The van der Waals surface area contributed by atoms with E-state index in [1.807, 2.05) is 0 Å². The molecule has 0 N–H and O–H groups in total. The number of alkyl halides is 3. The van der Waals surface area contributed by atoms with E-state index in [-0.39, 0.29) is 0 Å². The number of hydrogen-bond acceptors (Lipinski definition) is 1. The van der Waals surface area contributed by atoms with Crippen molar-refractivity contribution < 1.29 is 26.7 Å². The summed E-state index contributed by atoms with van der Waals surface area (Å²) in [5, 5.41) is 0. The number of unbranched alkanes of at least 4 members (excludes halogenated alkanes) is 2. The van der Waals surface area contributed by atoms with E-state index in [2.05, 4.69) is 34.3 Å². The molecule has 0 saturated heterocycles. The first-order chi connectivity index (χ1) is 13.7. The first kappa shape index (κ1) is 24.7. The van der Waals surface area contributed by atoms with Crippen molar-refractivity contribution in [1.29, 1.82) is 0 Å². The molecule has 1 aromatic rings. The van der Waals surface area contributed by atoms with Crippen LogP contribution in [-0.2, 0) is 0 Å². The number of ether oxygens (including phenoxy) is 1. The van der Waals surface area contributed by atoms with Crippen molar-refractivity contribution in [2.24, 2.45) is 11.8 Å². The van der Waals surface area contributed by atoms with Crippen molar-refractivity contribution in [2.45, 2.75) is 87.6 Å². The maximum atomic E-state index is 14.4. The van der Waals surface area contributed by atoms with Crippen LogP contribution in [0, 0.1) is 29.3 Å². The van der Waals surface area contributed by atoms with Crippen LogP contribution in [0.25, 0.3) is 0 Å². The third kappa shape index (κ3) is 7.87.